The van der Waals surface area contributed by atoms with Gasteiger partial charge in [-0.15, -0.1) is 0 Å². The molecule has 0 aromatic rings. The van der Waals surface area contributed by atoms with Crippen LogP contribution in [0.25, 0.3) is 0 Å². The van der Waals surface area contributed by atoms with Crippen LogP contribution >= 0.6 is 0 Å². The number of hydrogen-bond donors (Lipinski definition) is 4. The first-order valence-electron chi connectivity index (χ1n) is 3.35. The smallest absolute Gasteiger partial charge is 0.328 e. The third-order valence-corrected chi connectivity index (χ3v) is 1.33. The van der Waals surface area contributed by atoms with Crippen LogP contribution in [0, 0.1) is 0 Å². The molecule has 0 aliphatic rings. The fraction of sp³-hybridized carbons (Fsp3) is 0.500. The van der Waals surface area contributed by atoms with Gasteiger partial charge < -0.3 is 21.7 Å². The van der Waals surface area contributed by atoms with Crippen LogP contribution in [0.1, 0.15) is 6.42 Å². The van der Waals surface area contributed by atoms with Crippen molar-refractivity contribution < 1.29 is 24.6 Å². The Bertz CT molecular complexity index is 239. The highest BCUT2D eigenvalue weighted by Crippen LogP contribution is 1.94. The maximum absolute atomic E-state index is 10.9. The van der Waals surface area contributed by atoms with E-state index >= 15 is 0 Å². The van der Waals surface area contributed by atoms with Crippen molar-refractivity contribution in [3.63, 3.8) is 0 Å². The second-order valence-electron chi connectivity index (χ2n) is 2.42. The fourth-order valence-electron chi connectivity index (χ4n) is 0.641. The van der Waals surface area contributed by atoms with Crippen LogP contribution in [-0.4, -0.2) is 40.0 Å². The van der Waals surface area contributed by atoms with E-state index in [4.69, 9.17) is 21.7 Å². The standard InChI is InChI=1S/C6H10N2O5/c7-2(1-3(9)10)5(11)4(8)6(12)13/h2,4H,1,7-8H2,(H,9,10)(H,12,13). The summed E-state index contributed by atoms with van der Waals surface area (Å²) in [7, 11) is 0. The minimum absolute atomic E-state index is 0.625. The summed E-state index contributed by atoms with van der Waals surface area (Å²) in [6.07, 6.45) is -0.625. The predicted octanol–water partition coefficient (Wildman–Crippen LogP) is -2.23. The van der Waals surface area contributed by atoms with Crippen LogP contribution in [-0.2, 0) is 14.4 Å². The molecular weight excluding hydrogens is 180 g/mol. The van der Waals surface area contributed by atoms with Gasteiger partial charge in [0.15, 0.2) is 11.8 Å². The summed E-state index contributed by atoms with van der Waals surface area (Å²) in [4.78, 5) is 31.2. The molecule has 0 fully saturated rings. The molecule has 0 spiro atoms. The van der Waals surface area contributed by atoms with Crippen LogP contribution in [0.3, 0.4) is 0 Å². The Kier molecular flexibility index (Phi) is 4.02. The van der Waals surface area contributed by atoms with Gasteiger partial charge in [-0.25, -0.2) is 0 Å². The minimum atomic E-state index is -1.76. The van der Waals surface area contributed by atoms with E-state index in [-0.39, 0.29) is 0 Å². The van der Waals surface area contributed by atoms with Gasteiger partial charge in [-0.3, -0.25) is 14.4 Å². The highest BCUT2D eigenvalue weighted by molar-refractivity contribution is 6.05. The highest BCUT2D eigenvalue weighted by Gasteiger charge is 2.27. The average molecular weight is 190 g/mol. The minimum Gasteiger partial charge on any atom is -0.481 e. The highest BCUT2D eigenvalue weighted by atomic mass is 16.4. The first-order chi connectivity index (χ1) is 5.86. The Balaban J connectivity index is 4.25. The molecule has 7 nitrogen and oxygen atoms in total. The molecular formula is C6H10N2O5. The van der Waals surface area contributed by atoms with Crippen LogP contribution < -0.4 is 11.5 Å². The number of hydrogen-bond acceptors (Lipinski definition) is 5. The Labute approximate surface area is 73.3 Å². The number of ketones is 1. The van der Waals surface area contributed by atoms with Gasteiger partial charge in [0.05, 0.1) is 12.5 Å². The molecule has 0 bridgehead atoms. The van der Waals surface area contributed by atoms with E-state index in [1.807, 2.05) is 0 Å². The lowest BCUT2D eigenvalue weighted by Crippen LogP contribution is -2.48. The molecule has 6 N–H and O–H groups in total. The third-order valence-electron chi connectivity index (χ3n) is 1.33. The third kappa shape index (κ3) is 3.63. The number of aliphatic carboxylic acids is 2. The number of carbonyl (C=O) groups is 3. The summed E-state index contributed by atoms with van der Waals surface area (Å²) in [5, 5.41) is 16.5. The van der Waals surface area contributed by atoms with Crippen molar-refractivity contribution in [2.24, 2.45) is 11.5 Å². The maximum atomic E-state index is 10.9. The largest absolute Gasteiger partial charge is 0.481 e. The second-order valence-corrected chi connectivity index (χ2v) is 2.42. The van der Waals surface area contributed by atoms with Gasteiger partial charge in [-0.2, -0.15) is 0 Å². The summed E-state index contributed by atoms with van der Waals surface area (Å²) in [6.45, 7) is 0. The molecule has 2 unspecified atom stereocenters. The molecule has 0 rings (SSSR count). The zero-order valence-corrected chi connectivity index (χ0v) is 6.64. The second kappa shape index (κ2) is 4.53. The fourth-order valence-corrected chi connectivity index (χ4v) is 0.641. The summed E-state index contributed by atoms with van der Waals surface area (Å²) in [5.74, 6) is -3.79. The van der Waals surface area contributed by atoms with Crippen LogP contribution in [0.2, 0.25) is 0 Å². The lowest BCUT2D eigenvalue weighted by molar-refractivity contribution is -0.145. The molecule has 2 atom stereocenters. The van der Waals surface area contributed by atoms with E-state index in [0.29, 0.717) is 0 Å². The topological polar surface area (TPSA) is 144 Å². The quantitative estimate of drug-likeness (QED) is 0.359. The molecule has 74 valence electrons. The first kappa shape index (κ1) is 11.5. The van der Waals surface area contributed by atoms with Crippen molar-refractivity contribution >= 4 is 17.7 Å². The van der Waals surface area contributed by atoms with Crippen molar-refractivity contribution in [2.75, 3.05) is 0 Å². The van der Waals surface area contributed by atoms with Gasteiger partial charge in [0.1, 0.15) is 0 Å². The van der Waals surface area contributed by atoms with Crippen LogP contribution in [0.15, 0.2) is 0 Å². The molecule has 13 heavy (non-hydrogen) atoms. The Morgan fingerprint density at radius 3 is 1.92 bits per heavy atom. The van der Waals surface area contributed by atoms with Gasteiger partial charge in [-0.05, 0) is 0 Å². The summed E-state index contributed by atoms with van der Waals surface area (Å²) in [5.41, 5.74) is 10.00. The number of rotatable bonds is 5. The molecule has 0 saturated carbocycles. The number of carboxylic acid groups (broad SMARTS) is 2. The van der Waals surface area contributed by atoms with Crippen molar-refractivity contribution in [1.82, 2.24) is 0 Å². The van der Waals surface area contributed by atoms with E-state index in [1.165, 1.54) is 0 Å². The van der Waals surface area contributed by atoms with E-state index < -0.39 is 36.2 Å². The Morgan fingerprint density at radius 1 is 1.15 bits per heavy atom. The molecule has 0 heterocycles. The SMILES string of the molecule is NC(CC(=O)O)C(=O)C(N)C(=O)O. The van der Waals surface area contributed by atoms with Crippen molar-refractivity contribution in [2.45, 2.75) is 18.5 Å². The molecule has 0 saturated heterocycles. The van der Waals surface area contributed by atoms with E-state index in [1.54, 1.807) is 0 Å². The predicted molar refractivity (Wildman–Crippen MR) is 40.8 cm³/mol. The van der Waals surface area contributed by atoms with E-state index in [0.717, 1.165) is 0 Å². The van der Waals surface area contributed by atoms with E-state index in [9.17, 15) is 14.4 Å². The van der Waals surface area contributed by atoms with Crippen LogP contribution in [0.5, 0.6) is 0 Å². The maximum Gasteiger partial charge on any atom is 0.328 e. The molecule has 0 aliphatic carbocycles. The molecule has 0 amide bonds. The first-order valence-corrected chi connectivity index (χ1v) is 3.35. The van der Waals surface area contributed by atoms with Crippen molar-refractivity contribution in [3.05, 3.63) is 0 Å². The summed E-state index contributed by atoms with van der Waals surface area (Å²) in [6, 6.07) is -3.13. The number of carbonyl (C=O) groups excluding carboxylic acids is 1. The number of carboxylic acids is 2. The lowest BCUT2D eigenvalue weighted by Gasteiger charge is -2.10. The van der Waals surface area contributed by atoms with E-state index in [2.05, 4.69) is 0 Å². The Hall–Kier alpha value is -1.47. The number of nitrogens with two attached hydrogens (primary N) is 2. The summed E-state index contributed by atoms with van der Waals surface area (Å²) >= 11 is 0. The lowest BCUT2D eigenvalue weighted by atomic mass is 10.0. The van der Waals surface area contributed by atoms with Crippen LogP contribution in [0.4, 0.5) is 0 Å². The zero-order chi connectivity index (χ0) is 10.6. The van der Waals surface area contributed by atoms with Gasteiger partial charge in [-0.1, -0.05) is 0 Å². The average Bonchev–Trinajstić information content (AvgIpc) is 2.00. The molecule has 0 aromatic carbocycles. The van der Waals surface area contributed by atoms with Crippen molar-refractivity contribution in [3.8, 4) is 0 Å². The Morgan fingerprint density at radius 2 is 1.62 bits per heavy atom. The summed E-state index contributed by atoms with van der Waals surface area (Å²) < 4.78 is 0. The molecule has 0 radical (unpaired) electrons. The van der Waals surface area contributed by atoms with Gasteiger partial charge >= 0.3 is 11.9 Å². The molecule has 0 aromatic heterocycles. The normalized spacial score (nSPS) is 14.6. The van der Waals surface area contributed by atoms with Gasteiger partial charge in [0.2, 0.25) is 0 Å². The van der Waals surface area contributed by atoms with Gasteiger partial charge in [0, 0.05) is 0 Å². The number of Topliss-reactive ketones (excluding diaryl/α,β-unsaturated/α-hetero) is 1. The molecule has 0 aliphatic heterocycles. The van der Waals surface area contributed by atoms with Gasteiger partial charge in [0.25, 0.3) is 0 Å². The monoisotopic (exact) mass is 190 g/mol. The zero-order valence-electron chi connectivity index (χ0n) is 6.64. The van der Waals surface area contributed by atoms with Crippen molar-refractivity contribution in [1.29, 1.82) is 0 Å². The molecule has 7 heteroatoms.